The van der Waals surface area contributed by atoms with Gasteiger partial charge in [-0.05, 0) is 18.6 Å². The Balaban J connectivity index is 2.84. The van der Waals surface area contributed by atoms with Crippen molar-refractivity contribution in [1.82, 2.24) is 5.32 Å². The van der Waals surface area contributed by atoms with Crippen LogP contribution < -0.4 is 5.32 Å². The molecule has 0 aromatic heterocycles. The van der Waals surface area contributed by atoms with E-state index in [1.54, 1.807) is 6.92 Å². The van der Waals surface area contributed by atoms with E-state index in [-0.39, 0.29) is 17.5 Å². The third-order valence-electron chi connectivity index (χ3n) is 2.41. The van der Waals surface area contributed by atoms with Crippen LogP contribution in [0.5, 0.6) is 0 Å². The van der Waals surface area contributed by atoms with E-state index in [9.17, 15) is 18.4 Å². The molecule has 0 aliphatic heterocycles. The largest absolute Gasteiger partial charge is 0.480 e. The summed E-state index contributed by atoms with van der Waals surface area (Å²) in [6.45, 7) is 1.61. The molecule has 0 fully saturated rings. The normalized spacial score (nSPS) is 12.2. The molecule has 0 aliphatic rings. The summed E-state index contributed by atoms with van der Waals surface area (Å²) in [4.78, 5) is 22.4. The minimum atomic E-state index is -2.67. The summed E-state index contributed by atoms with van der Waals surface area (Å²) in [5.41, 5.74) is -0.251. The van der Waals surface area contributed by atoms with Gasteiger partial charge in [-0.2, -0.15) is 0 Å². The Labute approximate surface area is 103 Å². The molecule has 0 saturated carbocycles. The molecule has 0 saturated heterocycles. The van der Waals surface area contributed by atoms with E-state index < -0.39 is 24.3 Å². The highest BCUT2D eigenvalue weighted by Gasteiger charge is 2.19. The van der Waals surface area contributed by atoms with Crippen molar-refractivity contribution in [3.8, 4) is 0 Å². The van der Waals surface area contributed by atoms with Crippen LogP contribution in [-0.4, -0.2) is 23.0 Å². The molecule has 1 aromatic carbocycles. The molecule has 0 bridgehead atoms. The van der Waals surface area contributed by atoms with Crippen LogP contribution in [0.15, 0.2) is 24.3 Å². The number of carbonyl (C=O) groups excluding carboxylic acids is 1. The second-order valence-corrected chi connectivity index (χ2v) is 3.70. The molecule has 18 heavy (non-hydrogen) atoms. The van der Waals surface area contributed by atoms with Crippen LogP contribution in [0.4, 0.5) is 8.78 Å². The lowest BCUT2D eigenvalue weighted by molar-refractivity contribution is -0.139. The van der Waals surface area contributed by atoms with Crippen molar-refractivity contribution in [3.63, 3.8) is 0 Å². The summed E-state index contributed by atoms with van der Waals surface area (Å²) in [5, 5.41) is 11.0. The van der Waals surface area contributed by atoms with Crippen molar-refractivity contribution >= 4 is 11.9 Å². The summed E-state index contributed by atoms with van der Waals surface area (Å²) >= 11 is 0. The summed E-state index contributed by atoms with van der Waals surface area (Å²) in [7, 11) is 0. The average Bonchev–Trinajstić information content (AvgIpc) is 2.35. The Morgan fingerprint density at radius 1 is 1.39 bits per heavy atom. The summed E-state index contributed by atoms with van der Waals surface area (Å²) in [5.74, 6) is -1.83. The zero-order valence-corrected chi connectivity index (χ0v) is 9.69. The van der Waals surface area contributed by atoms with Crippen LogP contribution in [0.2, 0.25) is 0 Å². The Kier molecular flexibility index (Phi) is 4.76. The molecule has 0 aliphatic carbocycles. The number of nitrogens with one attached hydrogen (secondary N) is 1. The number of alkyl halides is 2. The lowest BCUT2D eigenvalue weighted by atomic mass is 10.1. The molecule has 6 heteroatoms. The molecule has 4 nitrogen and oxygen atoms in total. The van der Waals surface area contributed by atoms with Crippen molar-refractivity contribution in [2.45, 2.75) is 25.8 Å². The first-order valence-electron chi connectivity index (χ1n) is 5.37. The lowest BCUT2D eigenvalue weighted by Crippen LogP contribution is -2.40. The van der Waals surface area contributed by atoms with Crippen molar-refractivity contribution < 1.29 is 23.5 Å². The minimum Gasteiger partial charge on any atom is -0.480 e. The molecule has 0 radical (unpaired) electrons. The van der Waals surface area contributed by atoms with E-state index >= 15 is 0 Å². The first-order valence-corrected chi connectivity index (χ1v) is 5.37. The maximum atomic E-state index is 12.4. The maximum absolute atomic E-state index is 12.4. The third kappa shape index (κ3) is 3.51. The fourth-order valence-corrected chi connectivity index (χ4v) is 1.40. The molecule has 0 spiro atoms. The second-order valence-electron chi connectivity index (χ2n) is 3.70. The van der Waals surface area contributed by atoms with Crippen LogP contribution in [-0.2, 0) is 4.79 Å². The Hall–Kier alpha value is -1.98. The van der Waals surface area contributed by atoms with Gasteiger partial charge in [0.15, 0.2) is 0 Å². The van der Waals surface area contributed by atoms with E-state index in [1.165, 1.54) is 18.2 Å². The highest BCUT2D eigenvalue weighted by atomic mass is 19.3. The lowest BCUT2D eigenvalue weighted by Gasteiger charge is -2.12. The summed E-state index contributed by atoms with van der Waals surface area (Å²) < 4.78 is 24.9. The van der Waals surface area contributed by atoms with Crippen molar-refractivity contribution in [3.05, 3.63) is 35.4 Å². The molecular weight excluding hydrogens is 244 g/mol. The van der Waals surface area contributed by atoms with Crippen molar-refractivity contribution in [1.29, 1.82) is 0 Å². The highest BCUT2D eigenvalue weighted by molar-refractivity contribution is 5.96. The van der Waals surface area contributed by atoms with Crippen molar-refractivity contribution in [2.24, 2.45) is 0 Å². The Morgan fingerprint density at radius 2 is 2.06 bits per heavy atom. The van der Waals surface area contributed by atoms with Crippen LogP contribution in [0.1, 0.15) is 35.7 Å². The fourth-order valence-electron chi connectivity index (χ4n) is 1.40. The topological polar surface area (TPSA) is 66.4 Å². The van der Waals surface area contributed by atoms with Gasteiger partial charge in [0.05, 0.1) is 0 Å². The Bertz CT molecular complexity index is 449. The van der Waals surface area contributed by atoms with Gasteiger partial charge in [-0.1, -0.05) is 19.1 Å². The number of rotatable bonds is 5. The van der Waals surface area contributed by atoms with Gasteiger partial charge in [-0.15, -0.1) is 0 Å². The zero-order chi connectivity index (χ0) is 13.7. The first kappa shape index (κ1) is 14.1. The smallest absolute Gasteiger partial charge is 0.326 e. The van der Waals surface area contributed by atoms with Gasteiger partial charge in [-0.3, -0.25) is 4.79 Å². The number of amides is 1. The fraction of sp³-hybridized carbons (Fsp3) is 0.333. The summed E-state index contributed by atoms with van der Waals surface area (Å²) in [6.07, 6.45) is -2.45. The number of carboxylic acid groups (broad SMARTS) is 1. The van der Waals surface area contributed by atoms with Crippen LogP contribution >= 0.6 is 0 Å². The number of halogens is 2. The van der Waals surface area contributed by atoms with Crippen LogP contribution in [0, 0.1) is 0 Å². The average molecular weight is 257 g/mol. The zero-order valence-electron chi connectivity index (χ0n) is 9.69. The number of hydrogen-bond acceptors (Lipinski definition) is 2. The number of benzene rings is 1. The molecule has 1 amide bonds. The van der Waals surface area contributed by atoms with E-state index in [4.69, 9.17) is 5.11 Å². The third-order valence-corrected chi connectivity index (χ3v) is 2.41. The molecule has 1 atom stereocenters. The number of aliphatic carboxylic acids is 1. The van der Waals surface area contributed by atoms with Crippen LogP contribution in [0.3, 0.4) is 0 Å². The molecular formula is C12H13F2NO3. The highest BCUT2D eigenvalue weighted by Crippen LogP contribution is 2.19. The molecule has 2 N–H and O–H groups in total. The predicted molar refractivity (Wildman–Crippen MR) is 60.6 cm³/mol. The monoisotopic (exact) mass is 257 g/mol. The number of carbonyl (C=O) groups is 2. The second kappa shape index (κ2) is 6.09. The predicted octanol–water partition coefficient (Wildman–Crippen LogP) is 2.22. The SMILES string of the molecule is CCC(NC(=O)c1cccc(C(F)F)c1)C(=O)O. The molecule has 0 heterocycles. The van der Waals surface area contributed by atoms with E-state index in [0.29, 0.717) is 0 Å². The van der Waals surface area contributed by atoms with E-state index in [0.717, 1.165) is 6.07 Å². The van der Waals surface area contributed by atoms with Gasteiger partial charge in [0.25, 0.3) is 12.3 Å². The van der Waals surface area contributed by atoms with Gasteiger partial charge in [0.1, 0.15) is 6.04 Å². The van der Waals surface area contributed by atoms with Gasteiger partial charge >= 0.3 is 5.97 Å². The van der Waals surface area contributed by atoms with Gasteiger partial charge < -0.3 is 10.4 Å². The maximum Gasteiger partial charge on any atom is 0.326 e. The van der Waals surface area contributed by atoms with E-state index in [2.05, 4.69) is 5.32 Å². The standard InChI is InChI=1S/C12H13F2NO3/c1-2-9(12(17)18)15-11(16)8-5-3-4-7(6-8)10(13)14/h3-6,9-10H,2H2,1H3,(H,15,16)(H,17,18). The van der Waals surface area contributed by atoms with Crippen LogP contribution in [0.25, 0.3) is 0 Å². The molecule has 1 rings (SSSR count). The Morgan fingerprint density at radius 3 is 2.56 bits per heavy atom. The molecule has 1 unspecified atom stereocenters. The van der Waals surface area contributed by atoms with Gasteiger partial charge in [0, 0.05) is 11.1 Å². The molecule has 1 aromatic rings. The summed E-state index contributed by atoms with van der Waals surface area (Å²) in [6, 6.07) is 3.92. The number of hydrogen-bond donors (Lipinski definition) is 2. The quantitative estimate of drug-likeness (QED) is 0.849. The first-order chi connectivity index (χ1) is 8.45. The van der Waals surface area contributed by atoms with Gasteiger partial charge in [-0.25, -0.2) is 13.6 Å². The minimum absolute atomic E-state index is 0.0208. The van der Waals surface area contributed by atoms with Gasteiger partial charge in [0.2, 0.25) is 0 Å². The van der Waals surface area contributed by atoms with Crippen molar-refractivity contribution in [2.75, 3.05) is 0 Å². The van der Waals surface area contributed by atoms with E-state index in [1.807, 2.05) is 0 Å². The number of carboxylic acids is 1. The molecule has 98 valence electrons.